The van der Waals surface area contributed by atoms with E-state index in [-0.39, 0.29) is 0 Å². The molecule has 0 saturated carbocycles. The second-order valence-electron chi connectivity index (χ2n) is 3.47. The van der Waals surface area contributed by atoms with E-state index >= 15 is 0 Å². The van der Waals surface area contributed by atoms with Crippen molar-refractivity contribution < 1.29 is 4.74 Å². The molecule has 0 fully saturated rings. The molecule has 0 saturated heterocycles. The van der Waals surface area contributed by atoms with Crippen LogP contribution in [0, 0.1) is 0 Å². The van der Waals surface area contributed by atoms with Crippen LogP contribution >= 0.6 is 0 Å². The summed E-state index contributed by atoms with van der Waals surface area (Å²) in [6.07, 6.45) is 3.74. The third-order valence-corrected chi connectivity index (χ3v) is 1.90. The molecular formula is C10H19N3O. The highest BCUT2D eigenvalue weighted by molar-refractivity contribution is 4.91. The Balaban J connectivity index is 2.45. The van der Waals surface area contributed by atoms with Crippen LogP contribution in [-0.2, 0) is 18.0 Å². The molecule has 0 bridgehead atoms. The third-order valence-electron chi connectivity index (χ3n) is 1.90. The zero-order chi connectivity index (χ0) is 10.4. The number of rotatable bonds is 6. The number of nitrogens with one attached hydrogen (secondary N) is 1. The fourth-order valence-electron chi connectivity index (χ4n) is 1.11. The molecule has 0 aliphatic carbocycles. The van der Waals surface area contributed by atoms with Crippen LogP contribution < -0.4 is 5.32 Å². The largest absolute Gasteiger partial charge is 0.361 e. The first-order chi connectivity index (χ1) is 6.74. The maximum Gasteiger partial charge on any atom is 0.124 e. The minimum Gasteiger partial charge on any atom is -0.361 e. The quantitative estimate of drug-likeness (QED) is 0.748. The second kappa shape index (κ2) is 5.78. The molecule has 1 aromatic heterocycles. The third kappa shape index (κ3) is 3.47. The van der Waals surface area contributed by atoms with E-state index in [4.69, 9.17) is 4.74 Å². The lowest BCUT2D eigenvalue weighted by Crippen LogP contribution is -2.24. The summed E-state index contributed by atoms with van der Waals surface area (Å²) in [4.78, 5) is 4.26. The molecule has 0 atom stereocenters. The molecule has 0 amide bonds. The Morgan fingerprint density at radius 2 is 2.36 bits per heavy atom. The average molecular weight is 197 g/mol. The molecular weight excluding hydrogens is 178 g/mol. The van der Waals surface area contributed by atoms with Gasteiger partial charge in [0.1, 0.15) is 12.6 Å². The molecule has 4 heteroatoms. The second-order valence-corrected chi connectivity index (χ2v) is 3.47. The van der Waals surface area contributed by atoms with Crippen LogP contribution in [0.25, 0.3) is 0 Å². The van der Waals surface area contributed by atoms with Crippen molar-refractivity contribution >= 4 is 0 Å². The van der Waals surface area contributed by atoms with Crippen molar-refractivity contribution in [1.29, 1.82) is 0 Å². The highest BCUT2D eigenvalue weighted by Gasteiger charge is 2.02. The lowest BCUT2D eigenvalue weighted by Gasteiger charge is -2.10. The van der Waals surface area contributed by atoms with Crippen LogP contribution in [0.1, 0.15) is 26.6 Å². The first-order valence-corrected chi connectivity index (χ1v) is 5.05. The summed E-state index contributed by atoms with van der Waals surface area (Å²) in [7, 11) is 0. The molecule has 14 heavy (non-hydrogen) atoms. The molecule has 0 aromatic carbocycles. The predicted octanol–water partition coefficient (Wildman–Crippen LogP) is 1.38. The Labute approximate surface area is 85.3 Å². The van der Waals surface area contributed by atoms with Gasteiger partial charge in [0.15, 0.2) is 0 Å². The Kier molecular flexibility index (Phi) is 4.62. The zero-order valence-electron chi connectivity index (χ0n) is 9.16. The fourth-order valence-corrected chi connectivity index (χ4v) is 1.11. The summed E-state index contributed by atoms with van der Waals surface area (Å²) in [5, 5.41) is 3.33. The van der Waals surface area contributed by atoms with E-state index in [9.17, 15) is 0 Å². The first-order valence-electron chi connectivity index (χ1n) is 5.05. The van der Waals surface area contributed by atoms with Crippen molar-refractivity contribution in [2.24, 2.45) is 0 Å². The van der Waals surface area contributed by atoms with E-state index in [1.165, 1.54) is 0 Å². The molecule has 4 nitrogen and oxygen atoms in total. The van der Waals surface area contributed by atoms with E-state index in [0.29, 0.717) is 12.8 Å². The summed E-state index contributed by atoms with van der Waals surface area (Å²) in [6, 6.07) is 0.479. The number of nitrogens with zero attached hydrogens (tertiary/aromatic N) is 2. The SMILES string of the molecule is CCOCn1ccnc1CNC(C)C. The smallest absolute Gasteiger partial charge is 0.124 e. The Hall–Kier alpha value is -0.870. The summed E-state index contributed by atoms with van der Waals surface area (Å²) in [6.45, 7) is 8.34. The Morgan fingerprint density at radius 3 is 3.00 bits per heavy atom. The van der Waals surface area contributed by atoms with E-state index in [2.05, 4.69) is 24.1 Å². The van der Waals surface area contributed by atoms with Gasteiger partial charge in [-0.25, -0.2) is 4.98 Å². The number of ether oxygens (including phenoxy) is 1. The van der Waals surface area contributed by atoms with Gasteiger partial charge in [0, 0.05) is 25.0 Å². The minimum absolute atomic E-state index is 0.479. The van der Waals surface area contributed by atoms with Crippen LogP contribution in [0.2, 0.25) is 0 Å². The number of aromatic nitrogens is 2. The van der Waals surface area contributed by atoms with Crippen LogP contribution in [0.4, 0.5) is 0 Å². The van der Waals surface area contributed by atoms with Crippen LogP contribution in [-0.4, -0.2) is 22.2 Å². The summed E-state index contributed by atoms with van der Waals surface area (Å²) in [5.74, 6) is 1.02. The normalized spacial score (nSPS) is 11.1. The molecule has 0 aliphatic heterocycles. The molecule has 80 valence electrons. The first kappa shape index (κ1) is 11.2. The lowest BCUT2D eigenvalue weighted by atomic mass is 10.4. The van der Waals surface area contributed by atoms with Crippen molar-refractivity contribution in [3.63, 3.8) is 0 Å². The molecule has 0 unspecified atom stereocenters. The molecule has 0 aliphatic rings. The van der Waals surface area contributed by atoms with E-state index in [1.54, 1.807) is 6.20 Å². The molecule has 1 N–H and O–H groups in total. The predicted molar refractivity (Wildman–Crippen MR) is 55.8 cm³/mol. The van der Waals surface area contributed by atoms with Gasteiger partial charge >= 0.3 is 0 Å². The standard InChI is InChI=1S/C10H19N3O/c1-4-14-8-13-6-5-11-10(13)7-12-9(2)3/h5-6,9,12H,4,7-8H2,1-3H3. The number of hydrogen-bond donors (Lipinski definition) is 1. The maximum absolute atomic E-state index is 5.32. The summed E-state index contributed by atoms with van der Waals surface area (Å²) >= 11 is 0. The zero-order valence-corrected chi connectivity index (χ0v) is 9.16. The van der Waals surface area contributed by atoms with E-state index in [1.807, 2.05) is 17.7 Å². The highest BCUT2D eigenvalue weighted by Crippen LogP contribution is 1.98. The highest BCUT2D eigenvalue weighted by atomic mass is 16.5. The van der Waals surface area contributed by atoms with E-state index < -0.39 is 0 Å². The fraction of sp³-hybridized carbons (Fsp3) is 0.700. The molecule has 1 heterocycles. The lowest BCUT2D eigenvalue weighted by molar-refractivity contribution is 0.0854. The Bertz CT molecular complexity index is 258. The van der Waals surface area contributed by atoms with Gasteiger partial charge in [-0.3, -0.25) is 0 Å². The average Bonchev–Trinajstić information content (AvgIpc) is 2.58. The van der Waals surface area contributed by atoms with Gasteiger partial charge in [-0.1, -0.05) is 13.8 Å². The Morgan fingerprint density at radius 1 is 1.57 bits per heavy atom. The van der Waals surface area contributed by atoms with Crippen molar-refractivity contribution in [1.82, 2.24) is 14.9 Å². The van der Waals surface area contributed by atoms with E-state index in [0.717, 1.165) is 19.0 Å². The van der Waals surface area contributed by atoms with Gasteiger partial charge in [-0.2, -0.15) is 0 Å². The van der Waals surface area contributed by atoms with Crippen molar-refractivity contribution in [2.75, 3.05) is 6.61 Å². The van der Waals surface area contributed by atoms with Crippen molar-refractivity contribution in [2.45, 2.75) is 40.1 Å². The van der Waals surface area contributed by atoms with Gasteiger partial charge in [0.2, 0.25) is 0 Å². The maximum atomic E-state index is 5.32. The topological polar surface area (TPSA) is 39.1 Å². The van der Waals surface area contributed by atoms with Gasteiger partial charge in [0.25, 0.3) is 0 Å². The number of imidazole rings is 1. The molecule has 1 aromatic rings. The van der Waals surface area contributed by atoms with Crippen molar-refractivity contribution in [3.8, 4) is 0 Å². The molecule has 1 rings (SSSR count). The summed E-state index contributed by atoms with van der Waals surface area (Å²) < 4.78 is 7.33. The van der Waals surface area contributed by atoms with Gasteiger partial charge in [-0.05, 0) is 6.92 Å². The van der Waals surface area contributed by atoms with Crippen LogP contribution in [0.3, 0.4) is 0 Å². The minimum atomic E-state index is 0.479. The van der Waals surface area contributed by atoms with Gasteiger partial charge in [0.05, 0.1) is 6.54 Å². The van der Waals surface area contributed by atoms with Gasteiger partial charge in [-0.15, -0.1) is 0 Å². The summed E-state index contributed by atoms with van der Waals surface area (Å²) in [5.41, 5.74) is 0. The monoisotopic (exact) mass is 197 g/mol. The van der Waals surface area contributed by atoms with Crippen molar-refractivity contribution in [3.05, 3.63) is 18.2 Å². The van der Waals surface area contributed by atoms with Gasteiger partial charge < -0.3 is 14.6 Å². The molecule has 0 radical (unpaired) electrons. The van der Waals surface area contributed by atoms with Crippen LogP contribution in [0.5, 0.6) is 0 Å². The van der Waals surface area contributed by atoms with Crippen LogP contribution in [0.15, 0.2) is 12.4 Å². The molecule has 0 spiro atoms. The number of hydrogen-bond acceptors (Lipinski definition) is 3.